The molecular weight excluding hydrogens is 424 g/mol. The highest BCUT2D eigenvalue weighted by atomic mass is 32.2. The first-order chi connectivity index (χ1) is 14.4. The number of aryl methyl sites for hydroxylation is 1. The Kier molecular flexibility index (Phi) is 5.60. The molecule has 0 spiro atoms. The maximum atomic E-state index is 12.2. The molecule has 0 unspecified atom stereocenters. The van der Waals surface area contributed by atoms with Gasteiger partial charge in [0.2, 0.25) is 5.96 Å². The summed E-state index contributed by atoms with van der Waals surface area (Å²) in [6.45, 7) is 7.59. The monoisotopic (exact) mass is 448 g/mol. The van der Waals surface area contributed by atoms with Crippen molar-refractivity contribution in [1.82, 2.24) is 24.8 Å². The Hall–Kier alpha value is -2.73. The number of aromatic nitrogens is 4. The van der Waals surface area contributed by atoms with Crippen LogP contribution in [0.25, 0.3) is 11.0 Å². The molecule has 1 saturated heterocycles. The van der Waals surface area contributed by atoms with E-state index in [0.717, 1.165) is 22.4 Å². The molecule has 4 heterocycles. The summed E-state index contributed by atoms with van der Waals surface area (Å²) >= 11 is 1.40. The van der Waals surface area contributed by atoms with E-state index < -0.39 is 10.0 Å². The van der Waals surface area contributed by atoms with E-state index in [4.69, 9.17) is 0 Å². The second kappa shape index (κ2) is 8.19. The van der Waals surface area contributed by atoms with Crippen molar-refractivity contribution in [2.45, 2.75) is 26.8 Å². The molecular formula is C18H24N8O2S2. The first-order valence-electron chi connectivity index (χ1n) is 9.67. The summed E-state index contributed by atoms with van der Waals surface area (Å²) in [7, 11) is -3.56. The average molecular weight is 449 g/mol. The quantitative estimate of drug-likeness (QED) is 0.460. The number of aromatic amines is 1. The number of sulfonamides is 1. The zero-order valence-electron chi connectivity index (χ0n) is 17.0. The maximum absolute atomic E-state index is 12.2. The molecule has 0 amide bonds. The first-order valence-corrected chi connectivity index (χ1v) is 12.2. The zero-order chi connectivity index (χ0) is 21.3. The van der Waals surface area contributed by atoms with Crippen LogP contribution in [0, 0.1) is 6.92 Å². The Balaban J connectivity index is 1.61. The third-order valence-electron chi connectivity index (χ3n) is 5.09. The van der Waals surface area contributed by atoms with Crippen LogP contribution in [0.15, 0.2) is 28.5 Å². The molecule has 0 saturated carbocycles. The average Bonchev–Trinajstić information content (AvgIpc) is 3.37. The number of thiazole rings is 1. The van der Waals surface area contributed by atoms with Gasteiger partial charge in [-0.3, -0.25) is 0 Å². The van der Waals surface area contributed by atoms with Crippen molar-refractivity contribution in [2.24, 2.45) is 4.40 Å². The summed E-state index contributed by atoms with van der Waals surface area (Å²) in [5, 5.41) is 6.54. The van der Waals surface area contributed by atoms with Crippen molar-refractivity contribution < 1.29 is 8.42 Å². The van der Waals surface area contributed by atoms with Crippen LogP contribution >= 0.6 is 11.3 Å². The largest absolute Gasteiger partial charge is 0.352 e. The Morgan fingerprint density at radius 1 is 1.37 bits per heavy atom. The highest BCUT2D eigenvalue weighted by Crippen LogP contribution is 2.28. The summed E-state index contributed by atoms with van der Waals surface area (Å²) in [6, 6.07) is 0.00119. The lowest BCUT2D eigenvalue weighted by Gasteiger charge is -2.41. The van der Waals surface area contributed by atoms with Gasteiger partial charge in [0.1, 0.15) is 17.8 Å². The molecule has 2 N–H and O–H groups in total. The van der Waals surface area contributed by atoms with Crippen molar-refractivity contribution >= 4 is 49.3 Å². The lowest BCUT2D eigenvalue weighted by Crippen LogP contribution is -2.56. The number of nitrogens with zero attached hydrogens (tertiary/aromatic N) is 6. The van der Waals surface area contributed by atoms with Gasteiger partial charge in [-0.1, -0.05) is 0 Å². The third kappa shape index (κ3) is 4.10. The van der Waals surface area contributed by atoms with Crippen LogP contribution in [0.5, 0.6) is 0 Å². The maximum Gasteiger partial charge on any atom is 0.256 e. The lowest BCUT2D eigenvalue weighted by molar-refractivity contribution is 0.297. The van der Waals surface area contributed by atoms with Crippen molar-refractivity contribution in [2.75, 3.05) is 35.6 Å². The summed E-state index contributed by atoms with van der Waals surface area (Å²) in [5.74, 6) is 1.14. The van der Waals surface area contributed by atoms with Crippen LogP contribution in [0.1, 0.15) is 19.4 Å². The van der Waals surface area contributed by atoms with Crippen molar-refractivity contribution in [1.29, 1.82) is 0 Å². The number of fused-ring (bicyclic) bond motifs is 1. The molecule has 12 heteroatoms. The normalized spacial score (nSPS) is 18.2. The van der Waals surface area contributed by atoms with E-state index in [1.54, 1.807) is 19.4 Å². The summed E-state index contributed by atoms with van der Waals surface area (Å²) in [6.07, 6.45) is 5.16. The van der Waals surface area contributed by atoms with E-state index in [2.05, 4.69) is 34.6 Å². The van der Waals surface area contributed by atoms with E-state index >= 15 is 0 Å². The van der Waals surface area contributed by atoms with Gasteiger partial charge >= 0.3 is 0 Å². The van der Waals surface area contributed by atoms with Gasteiger partial charge in [-0.15, -0.1) is 15.7 Å². The molecule has 3 aromatic rings. The molecule has 10 nitrogen and oxygen atoms in total. The van der Waals surface area contributed by atoms with Crippen LogP contribution in [0.3, 0.4) is 0 Å². The SMILES string of the molecule is CCS(=O)(=O)N=C(Nc1nccs1)N1CCN(c2ncnc3[nH]cc(C)c23)C[C@@H]1C. The van der Waals surface area contributed by atoms with Crippen molar-refractivity contribution in [3.8, 4) is 0 Å². The predicted octanol–water partition coefficient (Wildman–Crippen LogP) is 2.05. The molecule has 3 aromatic heterocycles. The molecule has 0 aromatic carbocycles. The summed E-state index contributed by atoms with van der Waals surface area (Å²) < 4.78 is 28.5. The van der Waals surface area contributed by atoms with Crippen molar-refractivity contribution in [3.05, 3.63) is 29.7 Å². The Morgan fingerprint density at radius 2 is 2.20 bits per heavy atom. The number of rotatable bonds is 4. The fourth-order valence-electron chi connectivity index (χ4n) is 3.53. The summed E-state index contributed by atoms with van der Waals surface area (Å²) in [4.78, 5) is 20.4. The fraction of sp³-hybridized carbons (Fsp3) is 0.444. The number of hydrogen-bond donors (Lipinski definition) is 2. The van der Waals surface area contributed by atoms with Gasteiger partial charge in [-0.2, -0.15) is 0 Å². The van der Waals surface area contributed by atoms with E-state index in [1.165, 1.54) is 11.3 Å². The lowest BCUT2D eigenvalue weighted by atomic mass is 10.1. The highest BCUT2D eigenvalue weighted by Gasteiger charge is 2.30. The fourth-order valence-corrected chi connectivity index (χ4v) is 4.59. The van der Waals surface area contributed by atoms with Crippen molar-refractivity contribution in [3.63, 3.8) is 0 Å². The van der Waals surface area contributed by atoms with E-state index in [1.807, 2.05) is 30.3 Å². The molecule has 30 heavy (non-hydrogen) atoms. The predicted molar refractivity (Wildman–Crippen MR) is 120 cm³/mol. The highest BCUT2D eigenvalue weighted by molar-refractivity contribution is 7.90. The van der Waals surface area contributed by atoms with E-state index in [9.17, 15) is 8.42 Å². The standard InChI is InChI=1S/C18H24N8O2S2/c1-4-30(27,28)24-17(23-18-19-5-8-29-18)26-7-6-25(10-13(26)3)16-14-12(2)9-20-15(14)21-11-22-16/h5,8-9,11,13H,4,6-7,10H2,1-3H3,(H,19,23,24)(H,20,21,22)/t13-/m0/s1. The Bertz CT molecular complexity index is 1160. The number of H-pyrrole nitrogens is 1. The minimum absolute atomic E-state index is 0.00119. The first kappa shape index (κ1) is 20.5. The van der Waals surface area contributed by atoms with Crippen LogP contribution in [0.4, 0.5) is 10.9 Å². The van der Waals surface area contributed by atoms with Crippen LogP contribution < -0.4 is 10.2 Å². The Labute approximate surface area is 179 Å². The van der Waals surface area contributed by atoms with Gasteiger partial charge in [0.15, 0.2) is 5.13 Å². The molecule has 1 fully saturated rings. The molecule has 1 aliphatic rings. The zero-order valence-corrected chi connectivity index (χ0v) is 18.7. The number of piperazine rings is 1. The molecule has 1 atom stereocenters. The summed E-state index contributed by atoms with van der Waals surface area (Å²) in [5.41, 5.74) is 1.91. The van der Waals surface area contributed by atoms with Gasteiger partial charge < -0.3 is 20.1 Å². The minimum Gasteiger partial charge on any atom is -0.352 e. The second-order valence-corrected chi connectivity index (χ2v) is 9.95. The minimum atomic E-state index is -3.56. The van der Waals surface area contributed by atoms with Gasteiger partial charge in [0.25, 0.3) is 10.0 Å². The molecule has 160 valence electrons. The number of anilines is 2. The molecule has 4 rings (SSSR count). The molecule has 0 aliphatic carbocycles. The topological polar surface area (TPSA) is 119 Å². The molecule has 0 radical (unpaired) electrons. The van der Waals surface area contributed by atoms with E-state index in [0.29, 0.717) is 30.7 Å². The van der Waals surface area contributed by atoms with Gasteiger partial charge in [-0.25, -0.2) is 23.4 Å². The smallest absolute Gasteiger partial charge is 0.256 e. The number of nitrogens with one attached hydrogen (secondary N) is 2. The van der Waals surface area contributed by atoms with E-state index in [-0.39, 0.29) is 11.8 Å². The van der Waals surface area contributed by atoms with Gasteiger partial charge in [0, 0.05) is 43.4 Å². The third-order valence-corrected chi connectivity index (χ3v) is 6.96. The number of hydrogen-bond acceptors (Lipinski definition) is 7. The van der Waals surface area contributed by atoms with Gasteiger partial charge in [-0.05, 0) is 26.3 Å². The van der Waals surface area contributed by atoms with Crippen LogP contribution in [0.2, 0.25) is 0 Å². The molecule has 0 bridgehead atoms. The second-order valence-electron chi connectivity index (χ2n) is 7.13. The Morgan fingerprint density at radius 3 is 2.90 bits per heavy atom. The van der Waals surface area contributed by atoms with Crippen LogP contribution in [-0.4, -0.2) is 70.6 Å². The molecule has 1 aliphatic heterocycles. The number of guanidine groups is 1. The van der Waals surface area contributed by atoms with Crippen LogP contribution in [-0.2, 0) is 10.0 Å². The van der Waals surface area contributed by atoms with Gasteiger partial charge in [0.05, 0.1) is 11.1 Å².